The number of benzene rings is 1. The molecule has 0 spiro atoms. The third-order valence-corrected chi connectivity index (χ3v) is 3.08. The van der Waals surface area contributed by atoms with E-state index in [0.29, 0.717) is 5.75 Å². The molecule has 98 valence electrons. The minimum absolute atomic E-state index is 0.295. The largest absolute Gasteiger partial charge is 0.508 e. The highest BCUT2D eigenvalue weighted by molar-refractivity contribution is 5.48. The molecule has 2 aromatic rings. The van der Waals surface area contributed by atoms with Gasteiger partial charge in [-0.3, -0.25) is 4.98 Å². The van der Waals surface area contributed by atoms with Crippen LogP contribution >= 0.6 is 0 Å². The van der Waals surface area contributed by atoms with Crippen LogP contribution < -0.4 is 0 Å². The fourth-order valence-electron chi connectivity index (χ4n) is 1.83. The van der Waals surface area contributed by atoms with Crippen LogP contribution in [0.1, 0.15) is 28.3 Å². The molecular formula is C16H18N2O. The molecule has 0 atom stereocenters. The van der Waals surface area contributed by atoms with Crippen molar-refractivity contribution in [2.75, 3.05) is 0 Å². The number of phenols is 1. The van der Waals surface area contributed by atoms with Crippen molar-refractivity contribution in [2.45, 2.75) is 27.2 Å². The van der Waals surface area contributed by atoms with Gasteiger partial charge in [-0.25, -0.2) is 4.98 Å². The van der Waals surface area contributed by atoms with Crippen molar-refractivity contribution in [2.24, 2.45) is 0 Å². The Labute approximate surface area is 113 Å². The van der Waals surface area contributed by atoms with Crippen molar-refractivity contribution in [3.8, 4) is 5.75 Å². The van der Waals surface area contributed by atoms with Gasteiger partial charge < -0.3 is 5.11 Å². The van der Waals surface area contributed by atoms with E-state index < -0.39 is 0 Å². The van der Waals surface area contributed by atoms with Crippen LogP contribution in [0.2, 0.25) is 0 Å². The Balaban J connectivity index is 2.11. The topological polar surface area (TPSA) is 46.0 Å². The lowest BCUT2D eigenvalue weighted by Crippen LogP contribution is -1.98. The van der Waals surface area contributed by atoms with Crippen LogP contribution in [0.3, 0.4) is 0 Å². The first kappa shape index (κ1) is 13.3. The highest BCUT2D eigenvalue weighted by Gasteiger charge is 2.01. The Morgan fingerprint density at radius 2 is 1.58 bits per heavy atom. The molecule has 1 heterocycles. The summed E-state index contributed by atoms with van der Waals surface area (Å²) in [7, 11) is 0. The van der Waals surface area contributed by atoms with E-state index in [1.54, 1.807) is 12.1 Å². The second-order valence-corrected chi connectivity index (χ2v) is 4.64. The van der Waals surface area contributed by atoms with Crippen molar-refractivity contribution in [1.82, 2.24) is 9.97 Å². The van der Waals surface area contributed by atoms with Gasteiger partial charge >= 0.3 is 0 Å². The predicted molar refractivity (Wildman–Crippen MR) is 77.1 cm³/mol. The summed E-state index contributed by atoms with van der Waals surface area (Å²) in [5, 5.41) is 9.22. The molecule has 0 bridgehead atoms. The standard InChI is InChI=1S/C16H18N2O/c1-11-12(2)18-16(13(3)17-11)6-4-5-14-7-9-15(19)10-8-14/h4,6-10,19H,5H2,1-3H3/b6-4+. The highest BCUT2D eigenvalue weighted by Crippen LogP contribution is 2.12. The zero-order valence-electron chi connectivity index (χ0n) is 11.5. The molecule has 0 saturated carbocycles. The number of nitrogens with zero attached hydrogens (tertiary/aromatic N) is 2. The normalized spacial score (nSPS) is 11.1. The molecule has 1 aromatic heterocycles. The monoisotopic (exact) mass is 254 g/mol. The lowest BCUT2D eigenvalue weighted by molar-refractivity contribution is 0.475. The molecule has 0 aliphatic carbocycles. The second kappa shape index (κ2) is 5.65. The Morgan fingerprint density at radius 1 is 0.947 bits per heavy atom. The van der Waals surface area contributed by atoms with Crippen LogP contribution in [0, 0.1) is 20.8 Å². The highest BCUT2D eigenvalue weighted by atomic mass is 16.3. The second-order valence-electron chi connectivity index (χ2n) is 4.64. The van der Waals surface area contributed by atoms with Crippen molar-refractivity contribution < 1.29 is 5.11 Å². The van der Waals surface area contributed by atoms with Crippen LogP contribution in [0.15, 0.2) is 30.3 Å². The summed E-state index contributed by atoms with van der Waals surface area (Å²) in [5.41, 5.74) is 4.97. The van der Waals surface area contributed by atoms with Gasteiger partial charge in [0.25, 0.3) is 0 Å². The Morgan fingerprint density at radius 3 is 2.26 bits per heavy atom. The number of phenolic OH excluding ortho intramolecular Hbond substituents is 1. The van der Waals surface area contributed by atoms with Crippen molar-refractivity contribution >= 4 is 6.08 Å². The Hall–Kier alpha value is -2.16. The summed E-state index contributed by atoms with van der Waals surface area (Å²) in [6, 6.07) is 7.23. The smallest absolute Gasteiger partial charge is 0.115 e. The van der Waals surface area contributed by atoms with E-state index in [2.05, 4.69) is 16.0 Å². The van der Waals surface area contributed by atoms with Gasteiger partial charge in [-0.15, -0.1) is 0 Å². The Bertz CT molecular complexity index is 601. The number of aromatic nitrogens is 2. The fourth-order valence-corrected chi connectivity index (χ4v) is 1.83. The van der Waals surface area contributed by atoms with Gasteiger partial charge in [0.05, 0.1) is 22.8 Å². The third kappa shape index (κ3) is 3.41. The zero-order valence-corrected chi connectivity index (χ0v) is 11.5. The van der Waals surface area contributed by atoms with E-state index in [-0.39, 0.29) is 0 Å². The molecule has 0 saturated heterocycles. The van der Waals surface area contributed by atoms with Crippen LogP contribution in [-0.2, 0) is 6.42 Å². The maximum atomic E-state index is 9.22. The summed E-state index contributed by atoms with van der Waals surface area (Å²) in [4.78, 5) is 8.99. The third-order valence-electron chi connectivity index (χ3n) is 3.08. The van der Waals surface area contributed by atoms with Gasteiger partial charge in [-0.1, -0.05) is 18.2 Å². The van der Waals surface area contributed by atoms with Gasteiger partial charge in [0.15, 0.2) is 0 Å². The van der Waals surface area contributed by atoms with Crippen LogP contribution in [0.4, 0.5) is 0 Å². The first-order valence-electron chi connectivity index (χ1n) is 6.32. The molecule has 3 heteroatoms. The molecule has 19 heavy (non-hydrogen) atoms. The number of hydrogen-bond donors (Lipinski definition) is 1. The summed E-state index contributed by atoms with van der Waals surface area (Å²) in [6.07, 6.45) is 4.88. The van der Waals surface area contributed by atoms with Gasteiger partial charge in [0, 0.05) is 0 Å². The molecular weight excluding hydrogens is 236 g/mol. The molecule has 0 aliphatic rings. The SMILES string of the molecule is Cc1nc(C)c(/C=C/Cc2ccc(O)cc2)nc1C. The molecule has 0 unspecified atom stereocenters. The summed E-state index contributed by atoms with van der Waals surface area (Å²) in [5.74, 6) is 0.295. The van der Waals surface area contributed by atoms with Gasteiger partial charge in [0.2, 0.25) is 0 Å². The van der Waals surface area contributed by atoms with E-state index >= 15 is 0 Å². The molecule has 0 amide bonds. The minimum atomic E-state index is 0.295. The number of hydrogen-bond acceptors (Lipinski definition) is 3. The van der Waals surface area contributed by atoms with Crippen molar-refractivity contribution in [1.29, 1.82) is 0 Å². The van der Waals surface area contributed by atoms with Crippen molar-refractivity contribution in [3.63, 3.8) is 0 Å². The van der Waals surface area contributed by atoms with E-state index in [4.69, 9.17) is 0 Å². The number of allylic oxidation sites excluding steroid dienone is 1. The first-order valence-corrected chi connectivity index (χ1v) is 6.32. The van der Waals surface area contributed by atoms with E-state index in [0.717, 1.165) is 34.8 Å². The molecule has 2 rings (SSSR count). The van der Waals surface area contributed by atoms with Crippen LogP contribution in [0.25, 0.3) is 6.08 Å². The summed E-state index contributed by atoms with van der Waals surface area (Å²) < 4.78 is 0. The van der Waals surface area contributed by atoms with Crippen LogP contribution in [0.5, 0.6) is 5.75 Å². The van der Waals surface area contributed by atoms with Gasteiger partial charge in [-0.05, 0) is 51.0 Å². The zero-order chi connectivity index (χ0) is 13.8. The van der Waals surface area contributed by atoms with E-state index in [1.165, 1.54) is 0 Å². The van der Waals surface area contributed by atoms with Crippen molar-refractivity contribution in [3.05, 3.63) is 58.7 Å². The molecule has 0 radical (unpaired) electrons. The predicted octanol–water partition coefficient (Wildman–Crippen LogP) is 3.36. The quantitative estimate of drug-likeness (QED) is 0.913. The average Bonchev–Trinajstić information content (AvgIpc) is 2.38. The number of rotatable bonds is 3. The maximum Gasteiger partial charge on any atom is 0.115 e. The maximum absolute atomic E-state index is 9.22. The lowest BCUT2D eigenvalue weighted by Gasteiger charge is -2.04. The molecule has 1 N–H and O–H groups in total. The Kier molecular flexibility index (Phi) is 3.95. The van der Waals surface area contributed by atoms with E-state index in [1.807, 2.05) is 39.0 Å². The van der Waals surface area contributed by atoms with E-state index in [9.17, 15) is 5.11 Å². The first-order chi connectivity index (χ1) is 9.06. The molecule has 0 fully saturated rings. The minimum Gasteiger partial charge on any atom is -0.508 e. The molecule has 1 aromatic carbocycles. The average molecular weight is 254 g/mol. The molecule has 0 aliphatic heterocycles. The van der Waals surface area contributed by atoms with Gasteiger partial charge in [-0.2, -0.15) is 0 Å². The number of aromatic hydroxyl groups is 1. The summed E-state index contributed by atoms with van der Waals surface area (Å²) >= 11 is 0. The lowest BCUT2D eigenvalue weighted by atomic mass is 10.1. The molecule has 3 nitrogen and oxygen atoms in total. The summed E-state index contributed by atoms with van der Waals surface area (Å²) in [6.45, 7) is 5.91. The van der Waals surface area contributed by atoms with Crippen LogP contribution in [-0.4, -0.2) is 15.1 Å². The number of aryl methyl sites for hydroxylation is 3. The van der Waals surface area contributed by atoms with Gasteiger partial charge in [0.1, 0.15) is 5.75 Å². The fraction of sp³-hybridized carbons (Fsp3) is 0.250.